The number of rotatable bonds is 4. The Balaban J connectivity index is 1.46. The van der Waals surface area contributed by atoms with Gasteiger partial charge in [-0.1, -0.05) is 23.7 Å². The van der Waals surface area contributed by atoms with Crippen molar-refractivity contribution in [2.24, 2.45) is 0 Å². The van der Waals surface area contributed by atoms with E-state index < -0.39 is 11.7 Å². The molecule has 4 rings (SSSR count). The lowest BCUT2D eigenvalue weighted by molar-refractivity contribution is 0.0742. The van der Waals surface area contributed by atoms with Crippen molar-refractivity contribution >= 4 is 35.0 Å². The summed E-state index contributed by atoms with van der Waals surface area (Å²) >= 11 is 6.04. The summed E-state index contributed by atoms with van der Waals surface area (Å²) in [5.74, 6) is 1.73. The van der Waals surface area contributed by atoms with Gasteiger partial charge in [-0.05, 0) is 31.2 Å². The number of carbonyl (C=O) groups excluding carboxylic acids is 1. The van der Waals surface area contributed by atoms with Gasteiger partial charge in [0.05, 0.1) is 10.6 Å². The quantitative estimate of drug-likeness (QED) is 0.686. The third kappa shape index (κ3) is 4.33. The SMILES string of the molecule is Cc1nc(Nc2ccccn2)cc(N2CCN(C(=O)c3c(F)cccc3Cl)CC2)n1. The molecule has 0 bridgehead atoms. The smallest absolute Gasteiger partial charge is 0.258 e. The van der Waals surface area contributed by atoms with E-state index in [0.29, 0.717) is 43.6 Å². The van der Waals surface area contributed by atoms with Crippen LogP contribution in [0.4, 0.5) is 21.8 Å². The Labute approximate surface area is 178 Å². The van der Waals surface area contributed by atoms with Crippen LogP contribution in [0.5, 0.6) is 0 Å². The highest BCUT2D eigenvalue weighted by molar-refractivity contribution is 6.33. The van der Waals surface area contributed by atoms with Crippen LogP contribution in [0.15, 0.2) is 48.7 Å². The van der Waals surface area contributed by atoms with Gasteiger partial charge in [-0.15, -0.1) is 0 Å². The van der Waals surface area contributed by atoms with Gasteiger partial charge in [0.1, 0.15) is 29.1 Å². The normalized spacial score (nSPS) is 14.0. The van der Waals surface area contributed by atoms with E-state index >= 15 is 0 Å². The average Bonchev–Trinajstić information content (AvgIpc) is 2.74. The number of pyridine rings is 1. The summed E-state index contributed by atoms with van der Waals surface area (Å²) in [4.78, 5) is 29.6. The van der Waals surface area contributed by atoms with E-state index in [-0.39, 0.29) is 10.6 Å². The van der Waals surface area contributed by atoms with Crippen molar-refractivity contribution in [3.05, 3.63) is 70.9 Å². The fourth-order valence-corrected chi connectivity index (χ4v) is 3.59. The van der Waals surface area contributed by atoms with Gasteiger partial charge in [0, 0.05) is 38.4 Å². The van der Waals surface area contributed by atoms with Gasteiger partial charge in [-0.3, -0.25) is 4.79 Å². The monoisotopic (exact) mass is 426 g/mol. The number of nitrogens with zero attached hydrogens (tertiary/aromatic N) is 5. The van der Waals surface area contributed by atoms with Crippen molar-refractivity contribution < 1.29 is 9.18 Å². The highest BCUT2D eigenvalue weighted by Crippen LogP contribution is 2.23. The number of hydrogen-bond donors (Lipinski definition) is 1. The van der Waals surface area contributed by atoms with Crippen molar-refractivity contribution in [3.63, 3.8) is 0 Å². The van der Waals surface area contributed by atoms with Crippen molar-refractivity contribution in [2.75, 3.05) is 36.4 Å². The van der Waals surface area contributed by atoms with Crippen LogP contribution in [-0.2, 0) is 0 Å². The molecule has 9 heteroatoms. The first kappa shape index (κ1) is 20.0. The predicted molar refractivity (Wildman–Crippen MR) is 114 cm³/mol. The standard InChI is InChI=1S/C21H20ClFN6O/c1-14-25-18(27-17-7-2-3-8-24-17)13-19(26-14)28-9-11-29(12-10-28)21(30)20-15(22)5-4-6-16(20)23/h2-8,13H,9-12H2,1H3,(H,24,25,26,27). The molecule has 1 aliphatic rings. The number of benzene rings is 1. The molecule has 1 aliphatic heterocycles. The lowest BCUT2D eigenvalue weighted by atomic mass is 10.1. The molecule has 0 unspecified atom stereocenters. The van der Waals surface area contributed by atoms with Crippen LogP contribution in [0.3, 0.4) is 0 Å². The van der Waals surface area contributed by atoms with Crippen LogP contribution in [-0.4, -0.2) is 51.9 Å². The molecule has 3 aromatic rings. The minimum Gasteiger partial charge on any atom is -0.353 e. The fourth-order valence-electron chi connectivity index (χ4n) is 3.34. The van der Waals surface area contributed by atoms with E-state index in [1.165, 1.54) is 18.2 Å². The molecule has 0 spiro atoms. The van der Waals surface area contributed by atoms with Gasteiger partial charge in [0.15, 0.2) is 0 Å². The number of aromatic nitrogens is 3. The van der Waals surface area contributed by atoms with Gasteiger partial charge in [0.25, 0.3) is 5.91 Å². The fraction of sp³-hybridized carbons (Fsp3) is 0.238. The number of piperazine rings is 1. The minimum absolute atomic E-state index is 0.0765. The second-order valence-corrected chi connectivity index (χ2v) is 7.28. The Morgan fingerprint density at radius 2 is 1.87 bits per heavy atom. The molecule has 7 nitrogen and oxygen atoms in total. The number of hydrogen-bond acceptors (Lipinski definition) is 6. The van der Waals surface area contributed by atoms with Crippen LogP contribution in [0.1, 0.15) is 16.2 Å². The maximum absolute atomic E-state index is 14.1. The number of halogens is 2. The van der Waals surface area contributed by atoms with E-state index in [2.05, 4.69) is 25.2 Å². The zero-order valence-electron chi connectivity index (χ0n) is 16.3. The van der Waals surface area contributed by atoms with E-state index in [9.17, 15) is 9.18 Å². The van der Waals surface area contributed by atoms with Gasteiger partial charge in [-0.2, -0.15) is 0 Å². The molecule has 1 saturated heterocycles. The summed E-state index contributed by atoms with van der Waals surface area (Å²) in [6, 6.07) is 11.7. The van der Waals surface area contributed by atoms with E-state index in [0.717, 1.165) is 5.82 Å². The molecule has 1 aromatic carbocycles. The highest BCUT2D eigenvalue weighted by Gasteiger charge is 2.26. The molecule has 0 aliphatic carbocycles. The first-order chi connectivity index (χ1) is 14.5. The molecule has 2 aromatic heterocycles. The molecule has 1 fully saturated rings. The first-order valence-corrected chi connectivity index (χ1v) is 9.91. The topological polar surface area (TPSA) is 74.2 Å². The van der Waals surface area contributed by atoms with Gasteiger partial charge >= 0.3 is 0 Å². The van der Waals surface area contributed by atoms with Crippen LogP contribution < -0.4 is 10.2 Å². The number of anilines is 3. The molecule has 154 valence electrons. The molecule has 3 heterocycles. The zero-order valence-corrected chi connectivity index (χ0v) is 17.1. The molecular formula is C21H20ClFN6O. The second kappa shape index (κ2) is 8.62. The Morgan fingerprint density at radius 3 is 2.57 bits per heavy atom. The average molecular weight is 427 g/mol. The van der Waals surface area contributed by atoms with Crippen molar-refractivity contribution in [2.45, 2.75) is 6.92 Å². The lowest BCUT2D eigenvalue weighted by Gasteiger charge is -2.35. The summed E-state index contributed by atoms with van der Waals surface area (Å²) in [5.41, 5.74) is -0.0765. The van der Waals surface area contributed by atoms with Gasteiger partial charge in [0.2, 0.25) is 0 Å². The van der Waals surface area contributed by atoms with Crippen LogP contribution in [0.2, 0.25) is 5.02 Å². The largest absolute Gasteiger partial charge is 0.353 e. The van der Waals surface area contributed by atoms with Crippen LogP contribution in [0.25, 0.3) is 0 Å². The van der Waals surface area contributed by atoms with Crippen molar-refractivity contribution in [1.82, 2.24) is 19.9 Å². The summed E-state index contributed by atoms with van der Waals surface area (Å²) < 4.78 is 14.1. The molecule has 0 atom stereocenters. The predicted octanol–water partition coefficient (Wildman–Crippen LogP) is 3.68. The second-order valence-electron chi connectivity index (χ2n) is 6.87. The van der Waals surface area contributed by atoms with E-state index in [4.69, 9.17) is 11.6 Å². The number of nitrogens with one attached hydrogen (secondary N) is 1. The number of carbonyl (C=O) groups is 1. The summed E-state index contributed by atoms with van der Waals surface area (Å²) in [7, 11) is 0. The Morgan fingerprint density at radius 1 is 1.07 bits per heavy atom. The van der Waals surface area contributed by atoms with Gasteiger partial charge < -0.3 is 15.1 Å². The Bertz CT molecular complexity index is 1040. The first-order valence-electron chi connectivity index (χ1n) is 9.53. The summed E-state index contributed by atoms with van der Waals surface area (Å²) in [6.45, 7) is 3.84. The third-order valence-corrected chi connectivity index (χ3v) is 5.13. The zero-order chi connectivity index (χ0) is 21.1. The number of aryl methyl sites for hydroxylation is 1. The minimum atomic E-state index is -0.605. The molecule has 1 N–H and O–H groups in total. The third-order valence-electron chi connectivity index (χ3n) is 4.81. The van der Waals surface area contributed by atoms with Crippen molar-refractivity contribution in [1.29, 1.82) is 0 Å². The number of amides is 1. The lowest BCUT2D eigenvalue weighted by Crippen LogP contribution is -2.49. The van der Waals surface area contributed by atoms with E-state index in [1.807, 2.05) is 31.2 Å². The summed E-state index contributed by atoms with van der Waals surface area (Å²) in [6.07, 6.45) is 1.70. The van der Waals surface area contributed by atoms with Crippen molar-refractivity contribution in [3.8, 4) is 0 Å². The Hall–Kier alpha value is -3.26. The van der Waals surface area contributed by atoms with E-state index in [1.54, 1.807) is 11.1 Å². The summed E-state index contributed by atoms with van der Waals surface area (Å²) in [5, 5.41) is 3.30. The maximum Gasteiger partial charge on any atom is 0.258 e. The van der Waals surface area contributed by atoms with Crippen LogP contribution >= 0.6 is 11.6 Å². The Kier molecular flexibility index (Phi) is 5.76. The molecule has 1 amide bonds. The van der Waals surface area contributed by atoms with Crippen LogP contribution in [0, 0.1) is 12.7 Å². The molecule has 30 heavy (non-hydrogen) atoms. The maximum atomic E-state index is 14.1. The molecule has 0 radical (unpaired) electrons. The highest BCUT2D eigenvalue weighted by atomic mass is 35.5. The van der Waals surface area contributed by atoms with Gasteiger partial charge in [-0.25, -0.2) is 19.3 Å². The molecule has 0 saturated carbocycles. The molecular weight excluding hydrogens is 407 g/mol.